The van der Waals surface area contributed by atoms with Crippen molar-refractivity contribution in [3.8, 4) is 0 Å². The van der Waals surface area contributed by atoms with E-state index < -0.39 is 5.97 Å². The predicted octanol–water partition coefficient (Wildman–Crippen LogP) is 1.07. The summed E-state index contributed by atoms with van der Waals surface area (Å²) in [5.74, 6) is -1.59. The number of carboxylic acids is 1. The summed E-state index contributed by atoms with van der Waals surface area (Å²) in [5, 5.41) is 18.2. The number of benzene rings is 1. The Morgan fingerprint density at radius 2 is 2.10 bits per heavy atom. The number of amides is 1. The molecule has 0 unspecified atom stereocenters. The highest BCUT2D eigenvalue weighted by Gasteiger charge is 2.09. The lowest BCUT2D eigenvalue weighted by Gasteiger charge is -2.03. The number of carbonyl (C=O) groups is 2. The highest BCUT2D eigenvalue weighted by molar-refractivity contribution is 5.89. The molecule has 0 aliphatic rings. The minimum Gasteiger partial charge on any atom is -0.480 e. The molecule has 2 aromatic rings. The molecule has 7 nitrogen and oxygen atoms in total. The van der Waals surface area contributed by atoms with Gasteiger partial charge in [-0.3, -0.25) is 9.59 Å². The molecule has 0 saturated carbocycles. The van der Waals surface area contributed by atoms with Crippen LogP contribution in [0.5, 0.6) is 0 Å². The number of carboxylic acid groups (broad SMARTS) is 1. The summed E-state index contributed by atoms with van der Waals surface area (Å²) in [5.41, 5.74) is 0.460. The Morgan fingerprint density at radius 1 is 1.33 bits per heavy atom. The van der Waals surface area contributed by atoms with Gasteiger partial charge in [0.2, 0.25) is 5.91 Å². The van der Waals surface area contributed by atoms with E-state index in [0.717, 1.165) is 4.68 Å². The number of carbonyl (C=O) groups excluding carboxylic acids is 1. The Labute approximate surface area is 119 Å². The molecule has 0 radical (unpaired) electrons. The van der Waals surface area contributed by atoms with E-state index in [2.05, 4.69) is 15.6 Å². The minimum absolute atomic E-state index is 0.0900. The lowest BCUT2D eigenvalue weighted by Crippen LogP contribution is -2.13. The van der Waals surface area contributed by atoms with Crippen molar-refractivity contribution in [1.29, 1.82) is 0 Å². The normalized spacial score (nSPS) is 10.3. The van der Waals surface area contributed by atoms with Crippen LogP contribution in [0.1, 0.15) is 12.0 Å². The zero-order valence-electron chi connectivity index (χ0n) is 11.0. The largest absolute Gasteiger partial charge is 0.480 e. The lowest BCUT2D eigenvalue weighted by atomic mass is 10.1. The van der Waals surface area contributed by atoms with E-state index in [4.69, 9.17) is 5.11 Å². The maximum absolute atomic E-state index is 13.4. The quantitative estimate of drug-likeness (QED) is 0.830. The number of nitrogens with zero attached hydrogens (tertiary/aromatic N) is 3. The number of aliphatic carboxylic acids is 1. The molecule has 110 valence electrons. The molecule has 1 heterocycles. The molecule has 0 fully saturated rings. The van der Waals surface area contributed by atoms with Gasteiger partial charge in [0.1, 0.15) is 12.4 Å². The summed E-state index contributed by atoms with van der Waals surface area (Å²) in [4.78, 5) is 22.2. The van der Waals surface area contributed by atoms with Crippen LogP contribution in [0, 0.1) is 5.82 Å². The second-order valence-corrected chi connectivity index (χ2v) is 4.33. The Bertz CT molecular complexity index is 656. The van der Waals surface area contributed by atoms with Crippen molar-refractivity contribution in [2.75, 3.05) is 5.32 Å². The first kappa shape index (κ1) is 14.6. The summed E-state index contributed by atoms with van der Waals surface area (Å²) in [6.07, 6.45) is 1.67. The van der Waals surface area contributed by atoms with Crippen molar-refractivity contribution < 1.29 is 19.1 Å². The van der Waals surface area contributed by atoms with Crippen LogP contribution >= 0.6 is 0 Å². The highest BCUT2D eigenvalue weighted by Crippen LogP contribution is 2.09. The van der Waals surface area contributed by atoms with E-state index in [1.165, 1.54) is 12.3 Å². The average molecular weight is 292 g/mol. The Balaban J connectivity index is 1.86. The van der Waals surface area contributed by atoms with Crippen LogP contribution in [0.2, 0.25) is 0 Å². The van der Waals surface area contributed by atoms with Crippen LogP contribution in [0.25, 0.3) is 0 Å². The van der Waals surface area contributed by atoms with E-state index in [1.54, 1.807) is 18.2 Å². The third kappa shape index (κ3) is 4.37. The number of anilines is 1. The van der Waals surface area contributed by atoms with E-state index in [-0.39, 0.29) is 36.9 Å². The number of aromatic nitrogens is 3. The molecular weight excluding hydrogens is 279 g/mol. The number of hydrogen-bond donors (Lipinski definition) is 2. The molecule has 0 bridgehead atoms. The van der Waals surface area contributed by atoms with Crippen molar-refractivity contribution in [2.45, 2.75) is 19.4 Å². The molecule has 0 atom stereocenters. The van der Waals surface area contributed by atoms with E-state index in [9.17, 15) is 14.0 Å². The van der Waals surface area contributed by atoms with Gasteiger partial charge in [0, 0.05) is 6.42 Å². The van der Waals surface area contributed by atoms with Gasteiger partial charge in [-0.25, -0.2) is 9.07 Å². The molecule has 0 aliphatic carbocycles. The third-order valence-corrected chi connectivity index (χ3v) is 2.68. The highest BCUT2D eigenvalue weighted by atomic mass is 19.1. The van der Waals surface area contributed by atoms with Crippen molar-refractivity contribution in [1.82, 2.24) is 15.0 Å². The summed E-state index contributed by atoms with van der Waals surface area (Å²) < 4.78 is 14.5. The second-order valence-electron chi connectivity index (χ2n) is 4.33. The van der Waals surface area contributed by atoms with Crippen molar-refractivity contribution >= 4 is 17.7 Å². The van der Waals surface area contributed by atoms with Crippen molar-refractivity contribution in [3.63, 3.8) is 0 Å². The molecule has 2 rings (SSSR count). The number of nitrogens with one attached hydrogen (secondary N) is 1. The van der Waals surface area contributed by atoms with Gasteiger partial charge in [0.05, 0.1) is 6.20 Å². The molecule has 0 spiro atoms. The molecule has 0 aliphatic heterocycles. The number of aryl methyl sites for hydroxylation is 1. The predicted molar refractivity (Wildman–Crippen MR) is 71.0 cm³/mol. The van der Waals surface area contributed by atoms with Gasteiger partial charge in [-0.2, -0.15) is 0 Å². The first-order valence-corrected chi connectivity index (χ1v) is 6.20. The third-order valence-electron chi connectivity index (χ3n) is 2.68. The van der Waals surface area contributed by atoms with Crippen LogP contribution in [-0.4, -0.2) is 32.0 Å². The summed E-state index contributed by atoms with van der Waals surface area (Å²) in [7, 11) is 0. The Hall–Kier alpha value is -2.77. The van der Waals surface area contributed by atoms with Crippen molar-refractivity contribution in [3.05, 3.63) is 41.8 Å². The molecule has 1 aromatic carbocycles. The first-order valence-electron chi connectivity index (χ1n) is 6.20. The van der Waals surface area contributed by atoms with Crippen molar-refractivity contribution in [2.24, 2.45) is 0 Å². The summed E-state index contributed by atoms with van der Waals surface area (Å²) >= 11 is 0. The fraction of sp³-hybridized carbons (Fsp3) is 0.231. The van der Waals surface area contributed by atoms with E-state index in [0.29, 0.717) is 5.56 Å². The maximum Gasteiger partial charge on any atom is 0.325 e. The van der Waals surface area contributed by atoms with Gasteiger partial charge in [-0.05, 0) is 18.1 Å². The zero-order chi connectivity index (χ0) is 15.2. The van der Waals surface area contributed by atoms with Gasteiger partial charge in [0.15, 0.2) is 5.82 Å². The Kier molecular flexibility index (Phi) is 4.60. The smallest absolute Gasteiger partial charge is 0.325 e. The summed E-state index contributed by atoms with van der Waals surface area (Å²) in [6, 6.07) is 6.24. The van der Waals surface area contributed by atoms with Crippen LogP contribution in [-0.2, 0) is 22.6 Å². The summed E-state index contributed by atoms with van der Waals surface area (Å²) in [6.45, 7) is -0.335. The monoisotopic (exact) mass is 292 g/mol. The van der Waals surface area contributed by atoms with Gasteiger partial charge >= 0.3 is 5.97 Å². The number of hydrogen-bond acceptors (Lipinski definition) is 4. The average Bonchev–Trinajstić information content (AvgIpc) is 2.84. The molecule has 21 heavy (non-hydrogen) atoms. The molecule has 8 heteroatoms. The van der Waals surface area contributed by atoms with Crippen LogP contribution in [0.15, 0.2) is 30.5 Å². The Morgan fingerprint density at radius 3 is 2.81 bits per heavy atom. The van der Waals surface area contributed by atoms with Gasteiger partial charge < -0.3 is 10.4 Å². The zero-order valence-corrected chi connectivity index (χ0v) is 11.0. The number of halogens is 1. The van der Waals surface area contributed by atoms with E-state index in [1.807, 2.05) is 0 Å². The molecular formula is C13H13FN4O3. The SMILES string of the molecule is O=C(O)Cn1cc(NC(=O)CCc2ccccc2F)nn1. The maximum atomic E-state index is 13.4. The molecule has 2 N–H and O–H groups in total. The van der Waals surface area contributed by atoms with Gasteiger partial charge in [0.25, 0.3) is 0 Å². The minimum atomic E-state index is -1.06. The fourth-order valence-electron chi connectivity index (χ4n) is 1.73. The standard InChI is InChI=1S/C13H13FN4O3/c14-10-4-2-1-3-9(10)5-6-12(19)15-11-7-18(17-16-11)8-13(20)21/h1-4,7H,5-6,8H2,(H,15,19)(H,20,21). The first-order chi connectivity index (χ1) is 10.0. The van der Waals surface area contributed by atoms with Crippen LogP contribution < -0.4 is 5.32 Å². The van der Waals surface area contributed by atoms with E-state index >= 15 is 0 Å². The number of rotatable bonds is 6. The van der Waals surface area contributed by atoms with Gasteiger partial charge in [-0.1, -0.05) is 23.4 Å². The molecule has 0 saturated heterocycles. The van der Waals surface area contributed by atoms with Crippen LogP contribution in [0.4, 0.5) is 10.2 Å². The second kappa shape index (κ2) is 6.60. The van der Waals surface area contributed by atoms with Crippen LogP contribution in [0.3, 0.4) is 0 Å². The van der Waals surface area contributed by atoms with Gasteiger partial charge in [-0.15, -0.1) is 5.10 Å². The topological polar surface area (TPSA) is 97.1 Å². The molecule has 1 amide bonds. The fourth-order valence-corrected chi connectivity index (χ4v) is 1.73. The lowest BCUT2D eigenvalue weighted by molar-refractivity contribution is -0.137. The molecule has 1 aromatic heterocycles.